The van der Waals surface area contributed by atoms with Crippen molar-refractivity contribution in [2.45, 2.75) is 0 Å². The van der Waals surface area contributed by atoms with Crippen LogP contribution in [-0.2, 0) is 0 Å². The Morgan fingerprint density at radius 2 is 1.60 bits per heavy atom. The van der Waals surface area contributed by atoms with Crippen LogP contribution in [0.4, 0.5) is 0 Å². The van der Waals surface area contributed by atoms with E-state index in [0.29, 0.717) is 0 Å². The summed E-state index contributed by atoms with van der Waals surface area (Å²) in [5, 5.41) is 0. The van der Waals surface area contributed by atoms with Gasteiger partial charge in [-0.25, -0.2) is 0 Å². The zero-order valence-corrected chi connectivity index (χ0v) is 3.65. The summed E-state index contributed by atoms with van der Waals surface area (Å²) in [6.07, 6.45) is 9.52. The monoisotopic (exact) mass is 82.0 g/mol. The van der Waals surface area contributed by atoms with Crippen LogP contribution in [0.3, 0.4) is 0 Å². The van der Waals surface area contributed by atoms with Gasteiger partial charge in [0.2, 0.25) is 0 Å². The third-order valence-corrected chi connectivity index (χ3v) is 0.433. The molecule has 5 heavy (non-hydrogen) atoms. The SMILES string of the molecule is C#CPC#C. The Bertz CT molecular complexity index is 68.8. The standard InChI is InChI=1S/C4H3P/c1-3-5-4-2/h1-2,5H. The molecule has 0 aliphatic heterocycles. The van der Waals surface area contributed by atoms with E-state index in [1.54, 1.807) is 0 Å². The fraction of sp³-hybridized carbons (Fsp3) is 0. The zero-order valence-electron chi connectivity index (χ0n) is 2.65. The van der Waals surface area contributed by atoms with Crippen molar-refractivity contribution >= 4 is 8.58 Å². The van der Waals surface area contributed by atoms with Crippen LogP contribution in [-0.4, -0.2) is 0 Å². The zero-order chi connectivity index (χ0) is 4.12. The minimum Gasteiger partial charge on any atom is -0.115 e. The quantitative estimate of drug-likeness (QED) is 0.300. The van der Waals surface area contributed by atoms with Crippen LogP contribution in [0.1, 0.15) is 0 Å². The Balaban J connectivity index is 2.86. The van der Waals surface area contributed by atoms with Gasteiger partial charge < -0.3 is 0 Å². The van der Waals surface area contributed by atoms with Crippen LogP contribution in [0, 0.1) is 24.2 Å². The van der Waals surface area contributed by atoms with E-state index in [-0.39, 0.29) is 8.58 Å². The van der Waals surface area contributed by atoms with Crippen molar-refractivity contribution in [3.05, 3.63) is 0 Å². The molecule has 0 amide bonds. The van der Waals surface area contributed by atoms with Crippen LogP contribution >= 0.6 is 8.58 Å². The molecule has 0 heterocycles. The second-order valence-electron chi connectivity index (χ2n) is 0.414. The lowest BCUT2D eigenvalue weighted by molar-refractivity contribution is 3.00. The summed E-state index contributed by atoms with van der Waals surface area (Å²) in [5.74, 6) is 0. The number of hydrogen-bond donors (Lipinski definition) is 0. The largest absolute Gasteiger partial charge is 0.115 e. The van der Waals surface area contributed by atoms with E-state index >= 15 is 0 Å². The van der Waals surface area contributed by atoms with Crippen LogP contribution < -0.4 is 0 Å². The minimum absolute atomic E-state index is 0.253. The number of terminal acetylenes is 2. The Kier molecular flexibility index (Phi) is 3.23. The van der Waals surface area contributed by atoms with Gasteiger partial charge in [-0.15, -0.1) is 12.8 Å². The average Bonchev–Trinajstić information content (AvgIpc) is 1.41. The summed E-state index contributed by atoms with van der Waals surface area (Å²) >= 11 is 0. The molecule has 0 saturated carbocycles. The first-order chi connectivity index (χ1) is 2.41. The Morgan fingerprint density at radius 3 is 1.60 bits per heavy atom. The average molecular weight is 82.0 g/mol. The van der Waals surface area contributed by atoms with E-state index in [1.165, 1.54) is 0 Å². The first-order valence-corrected chi connectivity index (χ1v) is 2.08. The molecule has 0 bridgehead atoms. The van der Waals surface area contributed by atoms with Gasteiger partial charge in [-0.05, 0) is 0 Å². The molecule has 0 aromatic carbocycles. The van der Waals surface area contributed by atoms with Crippen LogP contribution in [0.5, 0.6) is 0 Å². The summed E-state index contributed by atoms with van der Waals surface area (Å²) in [6, 6.07) is 0. The second-order valence-corrected chi connectivity index (χ2v) is 1.24. The summed E-state index contributed by atoms with van der Waals surface area (Å²) < 4.78 is 0. The molecule has 0 aromatic heterocycles. The molecule has 0 saturated heterocycles. The molecule has 0 N–H and O–H groups in total. The molecule has 1 heteroatoms. The van der Waals surface area contributed by atoms with E-state index in [4.69, 9.17) is 12.8 Å². The van der Waals surface area contributed by atoms with E-state index in [9.17, 15) is 0 Å². The van der Waals surface area contributed by atoms with Gasteiger partial charge in [-0.1, -0.05) is 11.3 Å². The van der Waals surface area contributed by atoms with E-state index < -0.39 is 0 Å². The third-order valence-electron chi connectivity index (χ3n) is 0.144. The molecule has 0 fully saturated rings. The first kappa shape index (κ1) is 4.55. The predicted molar refractivity (Wildman–Crippen MR) is 26.0 cm³/mol. The Morgan fingerprint density at radius 1 is 1.20 bits per heavy atom. The first-order valence-electron chi connectivity index (χ1n) is 1.08. The van der Waals surface area contributed by atoms with E-state index in [0.717, 1.165) is 0 Å². The third kappa shape index (κ3) is 3.55. The van der Waals surface area contributed by atoms with Crippen molar-refractivity contribution in [2.75, 3.05) is 0 Å². The van der Waals surface area contributed by atoms with Crippen molar-refractivity contribution in [1.82, 2.24) is 0 Å². The molecule has 0 aromatic rings. The van der Waals surface area contributed by atoms with Crippen LogP contribution in [0.2, 0.25) is 0 Å². The molecule has 0 aliphatic rings. The van der Waals surface area contributed by atoms with Crippen LogP contribution in [0.25, 0.3) is 0 Å². The second kappa shape index (κ2) is 3.55. The van der Waals surface area contributed by atoms with E-state index in [1.807, 2.05) is 0 Å². The topological polar surface area (TPSA) is 0 Å². The highest BCUT2D eigenvalue weighted by Crippen LogP contribution is 1.97. The molecule has 0 rings (SSSR count). The Labute approximate surface area is 33.7 Å². The fourth-order valence-electron chi connectivity index (χ4n) is 0.0417. The summed E-state index contributed by atoms with van der Waals surface area (Å²) in [4.78, 5) is 0. The summed E-state index contributed by atoms with van der Waals surface area (Å²) in [7, 11) is 0.253. The molecule has 0 radical (unpaired) electrons. The smallest absolute Gasteiger partial charge is 0.0352 e. The molecular formula is C4H3P. The molecule has 0 spiro atoms. The highest BCUT2D eigenvalue weighted by molar-refractivity contribution is 7.49. The summed E-state index contributed by atoms with van der Waals surface area (Å²) in [5.41, 5.74) is 4.62. The fourth-order valence-corrected chi connectivity index (χ4v) is 0.125. The lowest BCUT2D eigenvalue weighted by atomic mass is 11.4. The highest BCUT2D eigenvalue weighted by Gasteiger charge is 1.50. The lowest BCUT2D eigenvalue weighted by Gasteiger charge is -1.56. The van der Waals surface area contributed by atoms with Crippen LogP contribution in [0.15, 0.2) is 0 Å². The molecule has 24 valence electrons. The van der Waals surface area contributed by atoms with Crippen molar-refractivity contribution < 1.29 is 0 Å². The lowest BCUT2D eigenvalue weighted by Crippen LogP contribution is -1.23. The summed E-state index contributed by atoms with van der Waals surface area (Å²) in [6.45, 7) is 0. The molecule has 0 aliphatic carbocycles. The van der Waals surface area contributed by atoms with Crippen molar-refractivity contribution in [1.29, 1.82) is 0 Å². The van der Waals surface area contributed by atoms with Crippen molar-refractivity contribution in [3.63, 3.8) is 0 Å². The van der Waals surface area contributed by atoms with Gasteiger partial charge in [0.1, 0.15) is 0 Å². The van der Waals surface area contributed by atoms with E-state index in [2.05, 4.69) is 11.3 Å². The maximum absolute atomic E-state index is 4.76. The van der Waals surface area contributed by atoms with Gasteiger partial charge in [0.25, 0.3) is 0 Å². The molecular weight excluding hydrogens is 79.0 g/mol. The van der Waals surface area contributed by atoms with Gasteiger partial charge in [0.05, 0.1) is 0 Å². The van der Waals surface area contributed by atoms with Gasteiger partial charge in [0.15, 0.2) is 0 Å². The van der Waals surface area contributed by atoms with Gasteiger partial charge in [-0.2, -0.15) is 0 Å². The van der Waals surface area contributed by atoms with Gasteiger partial charge in [-0.3, -0.25) is 0 Å². The maximum atomic E-state index is 4.76. The highest BCUT2D eigenvalue weighted by atomic mass is 31.1. The molecule has 0 unspecified atom stereocenters. The number of hydrogen-bond acceptors (Lipinski definition) is 0. The normalized spacial score (nSPS) is 4.40. The molecule has 0 nitrogen and oxygen atoms in total. The maximum Gasteiger partial charge on any atom is 0.0352 e. The predicted octanol–water partition coefficient (Wildman–Crippen LogP) is 0.846. The van der Waals surface area contributed by atoms with Crippen molar-refractivity contribution in [2.24, 2.45) is 0 Å². The van der Waals surface area contributed by atoms with Crippen molar-refractivity contribution in [3.8, 4) is 24.2 Å². The Hall–Kier alpha value is -0.450. The minimum atomic E-state index is 0.253. The number of rotatable bonds is 0. The molecule has 0 atom stereocenters. The van der Waals surface area contributed by atoms with Gasteiger partial charge >= 0.3 is 0 Å². The van der Waals surface area contributed by atoms with Gasteiger partial charge in [0, 0.05) is 8.58 Å².